The van der Waals surface area contributed by atoms with Gasteiger partial charge < -0.3 is 30.3 Å². The van der Waals surface area contributed by atoms with E-state index in [1.165, 1.54) is 19.5 Å². The summed E-state index contributed by atoms with van der Waals surface area (Å²) >= 11 is 0. The van der Waals surface area contributed by atoms with Crippen LogP contribution >= 0.6 is 0 Å². The Labute approximate surface area is 211 Å². The number of likely N-dealkylation sites (N-methyl/N-ethyl adjacent to an activating group) is 1. The summed E-state index contributed by atoms with van der Waals surface area (Å²) in [7, 11) is 5.10. The van der Waals surface area contributed by atoms with Gasteiger partial charge >= 0.3 is 12.2 Å². The second-order valence-corrected chi connectivity index (χ2v) is 8.09. The highest BCUT2D eigenvalue weighted by Gasteiger charge is 2.31. The number of ether oxygens (including phenoxy) is 2. The molecule has 37 heavy (non-hydrogen) atoms. The molecule has 1 heterocycles. The molecule has 12 heteroatoms. The van der Waals surface area contributed by atoms with Gasteiger partial charge in [-0.15, -0.1) is 0 Å². The summed E-state index contributed by atoms with van der Waals surface area (Å²) in [5.41, 5.74) is -0.346. The predicted octanol–water partition coefficient (Wildman–Crippen LogP) is 4.84. The minimum absolute atomic E-state index is 0.0779. The maximum atomic E-state index is 13.0. The zero-order valence-corrected chi connectivity index (χ0v) is 20.3. The smallest absolute Gasteiger partial charge is 0.416 e. The first-order valence-electron chi connectivity index (χ1n) is 11.0. The summed E-state index contributed by atoms with van der Waals surface area (Å²) in [4.78, 5) is 30.6. The average molecular weight is 518 g/mol. The standard InChI is InChI=1S/C25H26F3N5O4/c1-33(2)11-10-30-23(34)16-12-20(15-29-14-16)37-19-7-5-18(6-8-19)31-24(35)32-21-13-17(25(26,27)28)4-9-22(21)36-3/h4-9,12-15H,10-11H2,1-3H3,(H,30,34)(H2,31,32,35). The summed E-state index contributed by atoms with van der Waals surface area (Å²) in [6, 6.07) is 9.82. The van der Waals surface area contributed by atoms with Crippen LogP contribution < -0.4 is 25.4 Å². The van der Waals surface area contributed by atoms with Crippen LogP contribution in [0.2, 0.25) is 0 Å². The molecule has 0 unspecified atom stereocenters. The number of pyridine rings is 1. The molecular weight excluding hydrogens is 491 g/mol. The van der Waals surface area contributed by atoms with E-state index in [1.54, 1.807) is 30.3 Å². The summed E-state index contributed by atoms with van der Waals surface area (Å²) in [6.45, 7) is 1.18. The number of hydrogen-bond donors (Lipinski definition) is 3. The maximum Gasteiger partial charge on any atom is 0.416 e. The van der Waals surface area contributed by atoms with Crippen molar-refractivity contribution in [2.24, 2.45) is 0 Å². The number of benzene rings is 2. The number of aromatic nitrogens is 1. The molecule has 0 saturated carbocycles. The van der Waals surface area contributed by atoms with Crippen molar-refractivity contribution in [3.8, 4) is 17.2 Å². The monoisotopic (exact) mass is 517 g/mol. The fourth-order valence-corrected chi connectivity index (χ4v) is 3.10. The number of methoxy groups -OCH3 is 1. The SMILES string of the molecule is COc1ccc(C(F)(F)F)cc1NC(=O)Nc1ccc(Oc2cncc(C(=O)NCCN(C)C)c2)cc1. The van der Waals surface area contributed by atoms with E-state index in [0.717, 1.165) is 18.2 Å². The zero-order valence-electron chi connectivity index (χ0n) is 20.3. The predicted molar refractivity (Wildman–Crippen MR) is 132 cm³/mol. The third-order valence-electron chi connectivity index (χ3n) is 4.94. The Balaban J connectivity index is 1.60. The van der Waals surface area contributed by atoms with Crippen molar-refractivity contribution in [3.05, 3.63) is 72.1 Å². The zero-order chi connectivity index (χ0) is 27.0. The van der Waals surface area contributed by atoms with Gasteiger partial charge in [-0.1, -0.05) is 0 Å². The highest BCUT2D eigenvalue weighted by molar-refractivity contribution is 6.00. The first-order chi connectivity index (χ1) is 17.5. The van der Waals surface area contributed by atoms with Crippen LogP contribution in [0.15, 0.2) is 60.9 Å². The third-order valence-corrected chi connectivity index (χ3v) is 4.94. The summed E-state index contributed by atoms with van der Waals surface area (Å²) < 4.78 is 49.8. The Morgan fingerprint density at radius 3 is 2.35 bits per heavy atom. The number of urea groups is 1. The Bertz CT molecular complexity index is 1230. The van der Waals surface area contributed by atoms with Crippen molar-refractivity contribution >= 4 is 23.3 Å². The van der Waals surface area contributed by atoms with E-state index in [2.05, 4.69) is 20.9 Å². The molecule has 3 aromatic rings. The van der Waals surface area contributed by atoms with Crippen LogP contribution in [0.4, 0.5) is 29.3 Å². The molecule has 9 nitrogen and oxygen atoms in total. The number of carbonyl (C=O) groups is 2. The van der Waals surface area contributed by atoms with Crippen LogP contribution in [0, 0.1) is 0 Å². The number of hydrogen-bond acceptors (Lipinski definition) is 6. The minimum Gasteiger partial charge on any atom is -0.495 e. The molecule has 0 bridgehead atoms. The van der Waals surface area contributed by atoms with E-state index >= 15 is 0 Å². The van der Waals surface area contributed by atoms with Gasteiger partial charge in [-0.2, -0.15) is 13.2 Å². The van der Waals surface area contributed by atoms with Gasteiger partial charge in [0.2, 0.25) is 0 Å². The average Bonchev–Trinajstić information content (AvgIpc) is 2.84. The summed E-state index contributed by atoms with van der Waals surface area (Å²) in [5.74, 6) is 0.560. The van der Waals surface area contributed by atoms with Gasteiger partial charge in [0, 0.05) is 25.0 Å². The molecule has 0 aliphatic rings. The molecule has 3 amide bonds. The van der Waals surface area contributed by atoms with E-state index in [9.17, 15) is 22.8 Å². The highest BCUT2D eigenvalue weighted by atomic mass is 19.4. The molecule has 0 spiro atoms. The fourth-order valence-electron chi connectivity index (χ4n) is 3.10. The largest absolute Gasteiger partial charge is 0.495 e. The van der Waals surface area contributed by atoms with Gasteiger partial charge in [0.25, 0.3) is 5.91 Å². The van der Waals surface area contributed by atoms with Crippen molar-refractivity contribution in [3.63, 3.8) is 0 Å². The number of rotatable bonds is 9. The van der Waals surface area contributed by atoms with Crippen molar-refractivity contribution in [2.45, 2.75) is 6.18 Å². The van der Waals surface area contributed by atoms with Gasteiger partial charge in [0.15, 0.2) is 0 Å². The number of amides is 3. The number of nitrogens with zero attached hydrogens (tertiary/aromatic N) is 2. The molecule has 1 aromatic heterocycles. The lowest BCUT2D eigenvalue weighted by Gasteiger charge is -2.14. The van der Waals surface area contributed by atoms with Crippen LogP contribution in [0.5, 0.6) is 17.2 Å². The Kier molecular flexibility index (Phi) is 8.90. The van der Waals surface area contributed by atoms with Crippen molar-refractivity contribution in [1.29, 1.82) is 0 Å². The fraction of sp³-hybridized carbons (Fsp3) is 0.240. The lowest BCUT2D eigenvalue weighted by atomic mass is 10.2. The van der Waals surface area contributed by atoms with Crippen molar-refractivity contribution in [2.75, 3.05) is 44.9 Å². The van der Waals surface area contributed by atoms with E-state index in [1.807, 2.05) is 19.0 Å². The van der Waals surface area contributed by atoms with Crippen molar-refractivity contribution in [1.82, 2.24) is 15.2 Å². The van der Waals surface area contributed by atoms with Crippen molar-refractivity contribution < 1.29 is 32.2 Å². The molecule has 0 saturated heterocycles. The molecule has 0 radical (unpaired) electrons. The molecule has 196 valence electrons. The molecule has 2 aromatic carbocycles. The van der Waals surface area contributed by atoms with E-state index in [-0.39, 0.29) is 17.3 Å². The van der Waals surface area contributed by atoms with Crippen LogP contribution in [0.3, 0.4) is 0 Å². The molecule has 0 fully saturated rings. The molecule has 3 rings (SSSR count). The van der Waals surface area contributed by atoms with Gasteiger partial charge in [-0.3, -0.25) is 9.78 Å². The molecule has 0 atom stereocenters. The maximum absolute atomic E-state index is 13.0. The summed E-state index contributed by atoms with van der Waals surface area (Å²) in [6.07, 6.45) is -1.68. The van der Waals surface area contributed by atoms with Crippen LogP contribution in [-0.2, 0) is 6.18 Å². The van der Waals surface area contributed by atoms with Gasteiger partial charge in [0.1, 0.15) is 17.2 Å². The molecular formula is C25H26F3N5O4. The quantitative estimate of drug-likeness (QED) is 0.375. The van der Waals surface area contributed by atoms with Crippen LogP contribution in [0.1, 0.15) is 15.9 Å². The number of anilines is 2. The minimum atomic E-state index is -4.57. The first-order valence-corrected chi connectivity index (χ1v) is 11.0. The van der Waals surface area contributed by atoms with E-state index in [0.29, 0.717) is 35.8 Å². The van der Waals surface area contributed by atoms with E-state index < -0.39 is 17.8 Å². The first kappa shape index (κ1) is 27.3. The third kappa shape index (κ3) is 8.10. The highest BCUT2D eigenvalue weighted by Crippen LogP contribution is 2.35. The van der Waals surface area contributed by atoms with Gasteiger partial charge in [-0.05, 0) is 62.6 Å². The topological polar surface area (TPSA) is 105 Å². The van der Waals surface area contributed by atoms with E-state index in [4.69, 9.17) is 9.47 Å². The Hall–Kier alpha value is -4.32. The number of halogens is 3. The second-order valence-electron chi connectivity index (χ2n) is 8.09. The molecule has 0 aliphatic carbocycles. The van der Waals surface area contributed by atoms with Gasteiger partial charge in [-0.25, -0.2) is 4.79 Å². The van der Waals surface area contributed by atoms with Gasteiger partial charge in [0.05, 0.1) is 30.1 Å². The normalized spacial score (nSPS) is 11.1. The Morgan fingerprint density at radius 2 is 1.70 bits per heavy atom. The lowest BCUT2D eigenvalue weighted by Crippen LogP contribution is -2.31. The van der Waals surface area contributed by atoms with Crippen LogP contribution in [-0.4, -0.2) is 56.1 Å². The number of nitrogens with one attached hydrogen (secondary N) is 3. The second kappa shape index (κ2) is 12.1. The summed E-state index contributed by atoms with van der Waals surface area (Å²) in [5, 5.41) is 7.69. The lowest BCUT2D eigenvalue weighted by molar-refractivity contribution is -0.137. The molecule has 3 N–H and O–H groups in total. The Morgan fingerprint density at radius 1 is 0.973 bits per heavy atom. The molecule has 0 aliphatic heterocycles. The van der Waals surface area contributed by atoms with Crippen LogP contribution in [0.25, 0.3) is 0 Å². The number of alkyl halides is 3. The number of carbonyl (C=O) groups excluding carboxylic acids is 2.